The summed E-state index contributed by atoms with van der Waals surface area (Å²) in [5, 5.41) is 15.7. The molecule has 0 radical (unpaired) electrons. The molecule has 0 aliphatic carbocycles. The summed E-state index contributed by atoms with van der Waals surface area (Å²) in [5.74, 6) is 0.314. The van der Waals surface area contributed by atoms with Crippen LogP contribution in [0.5, 0.6) is 5.75 Å². The van der Waals surface area contributed by atoms with E-state index in [4.69, 9.17) is 0 Å². The number of carbonyl (C=O) groups excluding carboxylic acids is 1. The Morgan fingerprint density at radius 2 is 1.81 bits per heavy atom. The molecule has 0 spiro atoms. The van der Waals surface area contributed by atoms with Crippen LogP contribution in [-0.4, -0.2) is 18.3 Å². The predicted molar refractivity (Wildman–Crippen MR) is 82.6 cm³/mol. The minimum atomic E-state index is -0.500. The summed E-state index contributed by atoms with van der Waals surface area (Å²) in [4.78, 5) is 11.1. The lowest BCUT2D eigenvalue weighted by Crippen LogP contribution is -2.10. The van der Waals surface area contributed by atoms with Crippen LogP contribution in [0.15, 0.2) is 42.5 Å². The Balaban J connectivity index is 1.97. The molecule has 0 saturated heterocycles. The first kappa shape index (κ1) is 14.7. The van der Waals surface area contributed by atoms with Gasteiger partial charge in [-0.05, 0) is 36.8 Å². The summed E-state index contributed by atoms with van der Waals surface area (Å²) in [6.07, 6.45) is -0.500. The van der Waals surface area contributed by atoms with E-state index in [2.05, 4.69) is 15.4 Å². The SMILES string of the molecule is COC(=O)Nc1ccc(NCc2cccc(C)c2O)cc1. The van der Waals surface area contributed by atoms with E-state index >= 15 is 0 Å². The molecule has 5 heteroatoms. The van der Waals surface area contributed by atoms with Crippen LogP contribution in [0.2, 0.25) is 0 Å². The molecule has 5 nitrogen and oxygen atoms in total. The fourth-order valence-corrected chi connectivity index (χ4v) is 1.90. The van der Waals surface area contributed by atoms with Crippen molar-refractivity contribution in [3.8, 4) is 5.75 Å². The summed E-state index contributed by atoms with van der Waals surface area (Å²) in [5.41, 5.74) is 3.25. The molecular formula is C16H18N2O3. The summed E-state index contributed by atoms with van der Waals surface area (Å²) in [6.45, 7) is 2.39. The van der Waals surface area contributed by atoms with Crippen molar-refractivity contribution >= 4 is 17.5 Å². The van der Waals surface area contributed by atoms with E-state index in [1.807, 2.05) is 37.3 Å². The number of aromatic hydroxyl groups is 1. The number of aryl methyl sites for hydroxylation is 1. The second kappa shape index (κ2) is 6.65. The number of carbonyl (C=O) groups is 1. The number of hydrogen-bond donors (Lipinski definition) is 3. The monoisotopic (exact) mass is 286 g/mol. The van der Waals surface area contributed by atoms with Crippen molar-refractivity contribution in [3.63, 3.8) is 0 Å². The van der Waals surface area contributed by atoms with E-state index in [9.17, 15) is 9.90 Å². The van der Waals surface area contributed by atoms with Crippen molar-refractivity contribution in [2.45, 2.75) is 13.5 Å². The summed E-state index contributed by atoms with van der Waals surface area (Å²) in [6, 6.07) is 12.9. The summed E-state index contributed by atoms with van der Waals surface area (Å²) < 4.78 is 4.52. The highest BCUT2D eigenvalue weighted by Crippen LogP contribution is 2.22. The average molecular weight is 286 g/mol. The number of anilines is 2. The Morgan fingerprint density at radius 1 is 1.14 bits per heavy atom. The predicted octanol–water partition coefficient (Wildman–Crippen LogP) is 3.49. The van der Waals surface area contributed by atoms with E-state index < -0.39 is 6.09 Å². The van der Waals surface area contributed by atoms with E-state index in [0.717, 1.165) is 16.8 Å². The lowest BCUT2D eigenvalue weighted by Gasteiger charge is -2.10. The van der Waals surface area contributed by atoms with Crippen molar-refractivity contribution in [1.82, 2.24) is 0 Å². The van der Waals surface area contributed by atoms with E-state index in [-0.39, 0.29) is 0 Å². The van der Waals surface area contributed by atoms with Crippen molar-refractivity contribution in [2.75, 3.05) is 17.7 Å². The van der Waals surface area contributed by atoms with Crippen LogP contribution in [0, 0.1) is 6.92 Å². The second-order valence-corrected chi connectivity index (χ2v) is 4.63. The molecule has 0 unspecified atom stereocenters. The van der Waals surface area contributed by atoms with Crippen molar-refractivity contribution < 1.29 is 14.6 Å². The molecule has 0 heterocycles. The van der Waals surface area contributed by atoms with Crippen molar-refractivity contribution in [2.24, 2.45) is 0 Å². The number of rotatable bonds is 4. The highest BCUT2D eigenvalue weighted by atomic mass is 16.5. The Bertz CT molecular complexity index is 624. The number of amides is 1. The fourth-order valence-electron chi connectivity index (χ4n) is 1.90. The number of para-hydroxylation sites is 1. The third-order valence-electron chi connectivity index (χ3n) is 3.12. The number of phenolic OH excluding ortho intramolecular Hbond substituents is 1. The molecule has 110 valence electrons. The highest BCUT2D eigenvalue weighted by Gasteiger charge is 2.04. The number of methoxy groups -OCH3 is 1. The maximum atomic E-state index is 11.1. The molecular weight excluding hydrogens is 268 g/mol. The van der Waals surface area contributed by atoms with E-state index in [0.29, 0.717) is 18.0 Å². The van der Waals surface area contributed by atoms with Gasteiger partial charge in [-0.2, -0.15) is 0 Å². The smallest absolute Gasteiger partial charge is 0.411 e. The maximum Gasteiger partial charge on any atom is 0.411 e. The van der Waals surface area contributed by atoms with Gasteiger partial charge in [0, 0.05) is 23.5 Å². The highest BCUT2D eigenvalue weighted by molar-refractivity contribution is 5.84. The number of ether oxygens (including phenoxy) is 1. The number of phenols is 1. The molecule has 0 aliphatic heterocycles. The molecule has 0 fully saturated rings. The molecule has 2 rings (SSSR count). The number of benzene rings is 2. The standard InChI is InChI=1S/C16H18N2O3/c1-11-4-3-5-12(15(11)19)10-17-13-6-8-14(9-7-13)18-16(20)21-2/h3-9,17,19H,10H2,1-2H3,(H,18,20). The second-order valence-electron chi connectivity index (χ2n) is 4.63. The lowest BCUT2D eigenvalue weighted by molar-refractivity contribution is 0.187. The van der Waals surface area contributed by atoms with E-state index in [1.165, 1.54) is 7.11 Å². The first-order chi connectivity index (χ1) is 10.1. The average Bonchev–Trinajstić information content (AvgIpc) is 2.50. The van der Waals surface area contributed by atoms with E-state index in [1.54, 1.807) is 12.1 Å². The van der Waals surface area contributed by atoms with Crippen molar-refractivity contribution in [3.05, 3.63) is 53.6 Å². The van der Waals surface area contributed by atoms with Crippen LogP contribution >= 0.6 is 0 Å². The van der Waals surface area contributed by atoms with Crippen LogP contribution in [0.3, 0.4) is 0 Å². The molecule has 2 aromatic rings. The van der Waals surface area contributed by atoms with Crippen LogP contribution in [-0.2, 0) is 11.3 Å². The molecule has 3 N–H and O–H groups in total. The molecule has 0 aromatic heterocycles. The van der Waals surface area contributed by atoms with Gasteiger partial charge >= 0.3 is 6.09 Å². The molecule has 0 atom stereocenters. The fraction of sp³-hybridized carbons (Fsp3) is 0.188. The zero-order chi connectivity index (χ0) is 15.2. The van der Waals surface area contributed by atoms with Gasteiger partial charge < -0.3 is 15.2 Å². The van der Waals surface area contributed by atoms with Gasteiger partial charge in [0.25, 0.3) is 0 Å². The van der Waals surface area contributed by atoms with Gasteiger partial charge in [0.2, 0.25) is 0 Å². The third-order valence-corrected chi connectivity index (χ3v) is 3.12. The van der Waals surface area contributed by atoms with Gasteiger partial charge in [-0.1, -0.05) is 18.2 Å². The van der Waals surface area contributed by atoms with Crippen LogP contribution < -0.4 is 10.6 Å². The number of hydrogen-bond acceptors (Lipinski definition) is 4. The summed E-state index contributed by atoms with van der Waals surface area (Å²) >= 11 is 0. The van der Waals surface area contributed by atoms with Gasteiger partial charge in [0.05, 0.1) is 7.11 Å². The Morgan fingerprint density at radius 3 is 2.48 bits per heavy atom. The molecule has 1 amide bonds. The topological polar surface area (TPSA) is 70.6 Å². The van der Waals surface area contributed by atoms with Gasteiger partial charge in [-0.3, -0.25) is 5.32 Å². The molecule has 2 aromatic carbocycles. The first-order valence-corrected chi connectivity index (χ1v) is 6.56. The van der Waals surface area contributed by atoms with Crippen LogP contribution in [0.1, 0.15) is 11.1 Å². The van der Waals surface area contributed by atoms with Gasteiger partial charge in [0.1, 0.15) is 5.75 Å². The summed E-state index contributed by atoms with van der Waals surface area (Å²) in [7, 11) is 1.32. The Hall–Kier alpha value is -2.69. The van der Waals surface area contributed by atoms with Crippen LogP contribution in [0.4, 0.5) is 16.2 Å². The lowest BCUT2D eigenvalue weighted by atomic mass is 10.1. The maximum absolute atomic E-state index is 11.1. The molecule has 0 aliphatic rings. The molecule has 21 heavy (non-hydrogen) atoms. The normalized spacial score (nSPS) is 10.0. The minimum absolute atomic E-state index is 0.314. The van der Waals surface area contributed by atoms with Crippen LogP contribution in [0.25, 0.3) is 0 Å². The Kier molecular flexibility index (Phi) is 4.66. The van der Waals surface area contributed by atoms with Gasteiger partial charge in [-0.15, -0.1) is 0 Å². The third kappa shape index (κ3) is 3.89. The largest absolute Gasteiger partial charge is 0.507 e. The van der Waals surface area contributed by atoms with Gasteiger partial charge in [0.15, 0.2) is 0 Å². The first-order valence-electron chi connectivity index (χ1n) is 6.56. The van der Waals surface area contributed by atoms with Crippen molar-refractivity contribution in [1.29, 1.82) is 0 Å². The zero-order valence-corrected chi connectivity index (χ0v) is 12.0. The molecule has 0 saturated carbocycles. The quantitative estimate of drug-likeness (QED) is 0.804. The zero-order valence-electron chi connectivity index (χ0n) is 12.0. The Labute approximate surface area is 123 Å². The number of nitrogens with one attached hydrogen (secondary N) is 2. The van der Waals surface area contributed by atoms with Gasteiger partial charge in [-0.25, -0.2) is 4.79 Å². The minimum Gasteiger partial charge on any atom is -0.507 e. The molecule has 0 bridgehead atoms.